The van der Waals surface area contributed by atoms with Gasteiger partial charge >= 0.3 is 0 Å². The van der Waals surface area contributed by atoms with Gasteiger partial charge in [-0.2, -0.15) is 0 Å². The average Bonchev–Trinajstić information content (AvgIpc) is 3.21. The summed E-state index contributed by atoms with van der Waals surface area (Å²) in [5.74, 6) is 7.41. The van der Waals surface area contributed by atoms with Crippen LogP contribution < -0.4 is 0 Å². The minimum atomic E-state index is 0.853. The fourth-order valence-corrected chi connectivity index (χ4v) is 13.0. The third-order valence-electron chi connectivity index (χ3n) is 16.5. The average molecular weight is 715 g/mol. The third-order valence-corrected chi connectivity index (χ3v) is 16.5. The summed E-state index contributed by atoms with van der Waals surface area (Å²) in [7, 11) is 0. The van der Waals surface area contributed by atoms with Crippen LogP contribution in [0.4, 0.5) is 0 Å². The quantitative estimate of drug-likeness (QED) is 0.165. The lowest BCUT2D eigenvalue weighted by Crippen LogP contribution is -2.44. The third kappa shape index (κ3) is 12.7. The second kappa shape index (κ2) is 21.6. The van der Waals surface area contributed by atoms with Gasteiger partial charge in [-0.1, -0.05) is 101 Å². The Hall–Kier alpha value is -0.600. The minimum Gasteiger partial charge on any atom is -0.300 e. The second-order valence-electron chi connectivity index (χ2n) is 20.5. The number of hydrogen-bond donors (Lipinski definition) is 0. The van der Waals surface area contributed by atoms with Crippen molar-refractivity contribution in [3.05, 3.63) is 24.3 Å². The Morgan fingerprint density at radius 1 is 0.250 bits per heavy atom. The highest BCUT2D eigenvalue weighted by molar-refractivity contribution is 5.01. The maximum atomic E-state index is 3.07. The molecule has 2 heteroatoms. The monoisotopic (exact) mass is 715 g/mol. The molecule has 0 heterocycles. The van der Waals surface area contributed by atoms with Crippen LogP contribution in [0.25, 0.3) is 0 Å². The molecule has 7 rings (SSSR count). The van der Waals surface area contributed by atoms with E-state index in [4.69, 9.17) is 0 Å². The van der Waals surface area contributed by atoms with Gasteiger partial charge in [-0.15, -0.1) is 0 Å². The summed E-state index contributed by atoms with van der Waals surface area (Å²) in [6.07, 6.45) is 58.3. The van der Waals surface area contributed by atoms with E-state index < -0.39 is 0 Å². The van der Waals surface area contributed by atoms with E-state index in [-0.39, 0.29) is 0 Å². The molecule has 0 atom stereocenters. The van der Waals surface area contributed by atoms with Crippen molar-refractivity contribution in [3.63, 3.8) is 0 Å². The van der Waals surface area contributed by atoms with Crippen LogP contribution in [0.5, 0.6) is 0 Å². The highest BCUT2D eigenvalue weighted by Crippen LogP contribution is 2.38. The molecule has 0 aromatic carbocycles. The SMILES string of the molecule is C(=CC1CCC(N(CC2CCCCC2)CC2CCCCC2)CC1)C1CCC(C=CC2CCC(N(CC3CCCCC3)CC3CCCCC3)CC2)CC1. The van der Waals surface area contributed by atoms with E-state index in [1.54, 1.807) is 0 Å². The topological polar surface area (TPSA) is 6.48 Å². The zero-order chi connectivity index (χ0) is 35.2. The lowest BCUT2D eigenvalue weighted by Gasteiger charge is -2.41. The Labute approximate surface area is 324 Å². The van der Waals surface area contributed by atoms with Gasteiger partial charge in [0.1, 0.15) is 0 Å². The second-order valence-corrected chi connectivity index (χ2v) is 20.5. The Bertz CT molecular complexity index is 877. The molecule has 0 spiro atoms. The van der Waals surface area contributed by atoms with Crippen molar-refractivity contribution >= 4 is 0 Å². The van der Waals surface area contributed by atoms with Gasteiger partial charge in [-0.3, -0.25) is 9.80 Å². The maximum absolute atomic E-state index is 3.07. The van der Waals surface area contributed by atoms with Gasteiger partial charge in [0.25, 0.3) is 0 Å². The van der Waals surface area contributed by atoms with Gasteiger partial charge in [0.05, 0.1) is 0 Å². The molecule has 7 aliphatic rings. The summed E-state index contributed by atoms with van der Waals surface area (Å²) < 4.78 is 0. The number of rotatable bonds is 14. The number of allylic oxidation sites excluding steroid dienone is 4. The molecule has 52 heavy (non-hydrogen) atoms. The van der Waals surface area contributed by atoms with E-state index in [0.29, 0.717) is 0 Å². The summed E-state index contributed by atoms with van der Waals surface area (Å²) >= 11 is 0. The molecule has 7 fully saturated rings. The van der Waals surface area contributed by atoms with Crippen LogP contribution in [0, 0.1) is 47.3 Å². The van der Waals surface area contributed by atoms with Gasteiger partial charge in [-0.05, 0) is 176 Å². The Balaban J connectivity index is 0.803. The molecule has 7 saturated carbocycles. The molecule has 7 aliphatic carbocycles. The first kappa shape index (κ1) is 39.6. The Morgan fingerprint density at radius 3 is 0.692 bits per heavy atom. The van der Waals surface area contributed by atoms with Gasteiger partial charge in [0, 0.05) is 38.3 Å². The molecule has 0 amide bonds. The van der Waals surface area contributed by atoms with Crippen LogP contribution in [0.15, 0.2) is 24.3 Å². The van der Waals surface area contributed by atoms with E-state index in [2.05, 4.69) is 34.1 Å². The van der Waals surface area contributed by atoms with Crippen molar-refractivity contribution in [1.29, 1.82) is 0 Å². The van der Waals surface area contributed by atoms with Crippen LogP contribution in [0.2, 0.25) is 0 Å². The van der Waals surface area contributed by atoms with Crippen molar-refractivity contribution in [1.82, 2.24) is 9.80 Å². The molecule has 2 nitrogen and oxygen atoms in total. The van der Waals surface area contributed by atoms with Crippen molar-refractivity contribution < 1.29 is 0 Å². The first-order chi connectivity index (χ1) is 25.7. The molecule has 0 aliphatic heterocycles. The number of nitrogens with zero attached hydrogens (tertiary/aromatic N) is 2. The van der Waals surface area contributed by atoms with Gasteiger partial charge in [-0.25, -0.2) is 0 Å². The summed E-state index contributed by atoms with van der Waals surface area (Å²) in [6, 6.07) is 1.76. The van der Waals surface area contributed by atoms with Crippen molar-refractivity contribution in [2.24, 2.45) is 47.3 Å². The molecular weight excluding hydrogens is 629 g/mol. The Kier molecular flexibility index (Phi) is 16.5. The fraction of sp³-hybridized carbons (Fsp3) is 0.920. The normalized spacial score (nSPS) is 34.6. The van der Waals surface area contributed by atoms with Crippen molar-refractivity contribution in [3.8, 4) is 0 Å². The smallest absolute Gasteiger partial charge is 0.00959 e. The van der Waals surface area contributed by atoms with Gasteiger partial charge in [0.15, 0.2) is 0 Å². The molecule has 296 valence electrons. The summed E-state index contributed by atoms with van der Waals surface area (Å²) in [6.45, 7) is 5.72. The molecule has 0 N–H and O–H groups in total. The maximum Gasteiger partial charge on any atom is 0.00959 e. The fourth-order valence-electron chi connectivity index (χ4n) is 13.0. The lowest BCUT2D eigenvalue weighted by atomic mass is 9.78. The van der Waals surface area contributed by atoms with Gasteiger partial charge < -0.3 is 0 Å². The minimum absolute atomic E-state index is 0.853. The van der Waals surface area contributed by atoms with E-state index in [9.17, 15) is 0 Å². The standard InChI is InChI=1S/C50H86N2/c1-5-13-45(14-6-1)37-51(38-46-15-7-2-8-16-46)49-33-29-43(30-34-49)27-25-41-21-23-42(24-22-41)26-28-44-31-35-50(36-32-44)52(39-47-17-9-3-10-18-47)40-48-19-11-4-12-20-48/h25-28,41-50H,1-24,29-40H2. The first-order valence-corrected chi connectivity index (χ1v) is 24.6. The zero-order valence-corrected chi connectivity index (χ0v) is 34.4. The molecule has 0 aromatic rings. The highest BCUT2D eigenvalue weighted by Gasteiger charge is 2.32. The van der Waals surface area contributed by atoms with Crippen molar-refractivity contribution in [2.75, 3.05) is 26.2 Å². The molecular formula is C50H86N2. The first-order valence-electron chi connectivity index (χ1n) is 24.6. The summed E-state index contributed by atoms with van der Waals surface area (Å²) in [5.41, 5.74) is 0. The van der Waals surface area contributed by atoms with E-state index in [1.807, 2.05) is 0 Å². The van der Waals surface area contributed by atoms with E-state index in [0.717, 1.165) is 59.4 Å². The zero-order valence-electron chi connectivity index (χ0n) is 34.4. The van der Waals surface area contributed by atoms with Crippen molar-refractivity contribution in [2.45, 2.75) is 218 Å². The van der Waals surface area contributed by atoms with Crippen LogP contribution in [-0.2, 0) is 0 Å². The van der Waals surface area contributed by atoms with Crippen LogP contribution in [0.3, 0.4) is 0 Å². The van der Waals surface area contributed by atoms with Gasteiger partial charge in [0.2, 0.25) is 0 Å². The molecule has 0 aromatic heterocycles. The number of hydrogen-bond acceptors (Lipinski definition) is 2. The highest BCUT2D eigenvalue weighted by atomic mass is 15.2. The predicted octanol–water partition coefficient (Wildman–Crippen LogP) is 13.9. The lowest BCUT2D eigenvalue weighted by molar-refractivity contribution is 0.0870. The Morgan fingerprint density at radius 2 is 0.462 bits per heavy atom. The summed E-state index contributed by atoms with van der Waals surface area (Å²) in [5, 5.41) is 0. The molecule has 0 unspecified atom stereocenters. The molecule has 0 saturated heterocycles. The van der Waals surface area contributed by atoms with E-state index >= 15 is 0 Å². The molecule has 0 bridgehead atoms. The van der Waals surface area contributed by atoms with Crippen LogP contribution >= 0.6 is 0 Å². The largest absolute Gasteiger partial charge is 0.300 e. The predicted molar refractivity (Wildman–Crippen MR) is 225 cm³/mol. The van der Waals surface area contributed by atoms with Crippen LogP contribution in [-0.4, -0.2) is 48.1 Å². The molecule has 0 radical (unpaired) electrons. The summed E-state index contributed by atoms with van der Waals surface area (Å²) in [4.78, 5) is 6.13. The van der Waals surface area contributed by atoms with E-state index in [1.165, 1.54) is 232 Å². The van der Waals surface area contributed by atoms with Crippen LogP contribution in [0.1, 0.15) is 205 Å².